The number of hydrogen-bond donors (Lipinski definition) is 6. The van der Waals surface area contributed by atoms with Gasteiger partial charge in [0.25, 0.3) is 5.91 Å². The lowest BCUT2D eigenvalue weighted by molar-refractivity contribution is -0.544. The van der Waals surface area contributed by atoms with Crippen molar-refractivity contribution >= 4 is 58.3 Å². The number of Topliss-reactive ketones (excluding diaryl/α,β-unsaturated/α-hetero) is 1. The number of hydrogen-bond acceptors (Lipinski definition) is 9. The first-order valence-electron chi connectivity index (χ1n) is 21.0. The summed E-state index contributed by atoms with van der Waals surface area (Å²) in [4.78, 5) is 109. The predicted molar refractivity (Wildman–Crippen MR) is 223 cm³/mol. The van der Waals surface area contributed by atoms with E-state index in [1.165, 1.54) is 9.47 Å². The molecule has 5 rings (SSSR count). The number of ketones is 1. The number of rotatable bonds is 17. The fourth-order valence-electron chi connectivity index (χ4n) is 7.86. The minimum atomic E-state index is -1.33. The molecule has 2 heterocycles. The van der Waals surface area contributed by atoms with Crippen LogP contribution in [-0.4, -0.2) is 96.2 Å². The number of nitrogens with zero attached hydrogens (tertiary/aromatic N) is 2. The molecule has 2 aromatic carbocycles. The Kier molecular flexibility index (Phi) is 16.3. The minimum Gasteiger partial charge on any atom is -0.449 e. The third-order valence-corrected chi connectivity index (χ3v) is 10.9. The fourth-order valence-corrected chi connectivity index (χ4v) is 7.86. The Bertz CT molecular complexity index is 2070. The van der Waals surface area contributed by atoms with Crippen LogP contribution in [0.2, 0.25) is 0 Å². The molecule has 2 unspecified atom stereocenters. The Balaban J connectivity index is 1.34. The molecule has 7 N–H and O–H groups in total. The maximum absolute atomic E-state index is 14.7. The SMILES string of the molecule is CCCC(NC(=O)C1C[C@@H](NC(=O)[n+]2cccc3ccccc32)CN1C(=O)[C@@H](NC(=O)OCC(C)C)C1CCCCC1)C(=O)C(=O)NCC(=O)N[C@H](C(N)=O)c1ccccc1. The Labute approximate surface area is 354 Å². The van der Waals surface area contributed by atoms with Crippen molar-refractivity contribution in [3.63, 3.8) is 0 Å². The van der Waals surface area contributed by atoms with Gasteiger partial charge in [-0.05, 0) is 54.9 Å². The summed E-state index contributed by atoms with van der Waals surface area (Å²) in [5, 5.41) is 13.9. The molecule has 5 atom stereocenters. The van der Waals surface area contributed by atoms with Gasteiger partial charge in [-0.2, -0.15) is 9.36 Å². The highest BCUT2D eigenvalue weighted by Crippen LogP contribution is 2.30. The molecular formula is C44H57N8O9+. The Hall–Kier alpha value is -6.39. The van der Waals surface area contributed by atoms with E-state index in [1.807, 2.05) is 32.0 Å². The Morgan fingerprint density at radius 1 is 0.869 bits per heavy atom. The highest BCUT2D eigenvalue weighted by molar-refractivity contribution is 6.38. The van der Waals surface area contributed by atoms with Gasteiger partial charge in [-0.15, -0.1) is 0 Å². The number of pyridine rings is 1. The zero-order valence-electron chi connectivity index (χ0n) is 34.9. The molecule has 1 saturated heterocycles. The van der Waals surface area contributed by atoms with E-state index in [0.717, 1.165) is 24.6 Å². The lowest BCUT2D eigenvalue weighted by Gasteiger charge is -2.34. The van der Waals surface area contributed by atoms with E-state index in [9.17, 15) is 38.4 Å². The van der Waals surface area contributed by atoms with Crippen LogP contribution in [0.25, 0.3) is 10.9 Å². The van der Waals surface area contributed by atoms with Crippen molar-refractivity contribution in [1.82, 2.24) is 31.5 Å². The fraction of sp³-hybridized carbons (Fsp3) is 0.477. The lowest BCUT2D eigenvalue weighted by atomic mass is 9.83. The van der Waals surface area contributed by atoms with Gasteiger partial charge in [-0.25, -0.2) is 10.1 Å². The first-order chi connectivity index (χ1) is 29.3. The highest BCUT2D eigenvalue weighted by atomic mass is 16.5. The second-order valence-electron chi connectivity index (χ2n) is 16.0. The van der Waals surface area contributed by atoms with Crippen molar-refractivity contribution in [1.29, 1.82) is 0 Å². The van der Waals surface area contributed by atoms with Gasteiger partial charge < -0.3 is 36.6 Å². The molecule has 3 aromatic rings. The third kappa shape index (κ3) is 12.3. The standard InChI is InChI=1S/C44H56N8O9/c1-4-14-32(38(54)41(57)46-24-35(53)49-36(39(45)55)29-16-7-5-8-17-29)48-40(56)34-23-31(47-43(59)51-22-13-20-28-15-11-12-21-33(28)51)25-52(34)42(58)37(30-18-9-6-10-19-30)50-44(60)61-26-27(2)3/h5,7-8,11-13,15-17,20-22,27,30-32,34,36-37H,4,6,9-10,14,18-19,23-26H2,1-3H3,(H6-,45,46,47,48,49,50,53,55,56,57,59,60)/p+1/t31-,32?,34?,36+,37+/m1/s1. The minimum absolute atomic E-state index is 0.0360. The smallest absolute Gasteiger partial charge is 0.449 e. The van der Waals surface area contributed by atoms with E-state index in [2.05, 4.69) is 26.6 Å². The third-order valence-electron chi connectivity index (χ3n) is 10.9. The lowest BCUT2D eigenvalue weighted by Crippen LogP contribution is -2.58. The van der Waals surface area contributed by atoms with Crippen molar-refractivity contribution in [3.05, 3.63) is 78.5 Å². The number of carbonyl (C=O) groups is 8. The van der Waals surface area contributed by atoms with Crippen molar-refractivity contribution < 1.29 is 47.7 Å². The predicted octanol–water partition coefficient (Wildman–Crippen LogP) is 2.30. The van der Waals surface area contributed by atoms with E-state index in [-0.39, 0.29) is 37.8 Å². The second-order valence-corrected chi connectivity index (χ2v) is 16.0. The normalized spacial score (nSPS) is 18.0. The number of ether oxygens (including phenoxy) is 1. The second kappa shape index (κ2) is 21.7. The number of benzene rings is 2. The molecular weight excluding hydrogens is 785 g/mol. The number of fused-ring (bicyclic) bond motifs is 1. The molecule has 1 aromatic heterocycles. The summed E-state index contributed by atoms with van der Waals surface area (Å²) in [5.41, 5.74) is 6.56. The molecule has 7 amide bonds. The molecule has 1 saturated carbocycles. The first-order valence-corrected chi connectivity index (χ1v) is 21.0. The van der Waals surface area contributed by atoms with E-state index < -0.39 is 84.2 Å². The molecule has 2 aliphatic rings. The molecule has 61 heavy (non-hydrogen) atoms. The Morgan fingerprint density at radius 3 is 2.25 bits per heavy atom. The molecule has 2 fully saturated rings. The average Bonchev–Trinajstić information content (AvgIpc) is 3.69. The van der Waals surface area contributed by atoms with Gasteiger partial charge in [0.1, 0.15) is 35.9 Å². The molecule has 17 nitrogen and oxygen atoms in total. The summed E-state index contributed by atoms with van der Waals surface area (Å²) >= 11 is 0. The van der Waals surface area contributed by atoms with Gasteiger partial charge in [-0.3, -0.25) is 28.8 Å². The van der Waals surface area contributed by atoms with Crippen LogP contribution < -0.4 is 36.9 Å². The number of likely N-dealkylation sites (tertiary alicyclic amines) is 1. The maximum Gasteiger partial charge on any atom is 0.496 e. The first kappa shape index (κ1) is 45.7. The van der Waals surface area contributed by atoms with E-state index >= 15 is 0 Å². The van der Waals surface area contributed by atoms with Gasteiger partial charge >= 0.3 is 12.1 Å². The molecule has 17 heteroatoms. The summed E-state index contributed by atoms with van der Waals surface area (Å²) in [7, 11) is 0. The number of nitrogens with one attached hydrogen (secondary N) is 5. The van der Waals surface area contributed by atoms with Crippen LogP contribution in [0, 0.1) is 11.8 Å². The summed E-state index contributed by atoms with van der Waals surface area (Å²) in [6.45, 7) is 4.92. The van der Waals surface area contributed by atoms with Crippen LogP contribution in [0.4, 0.5) is 9.59 Å². The molecule has 326 valence electrons. The molecule has 1 aliphatic carbocycles. The average molecular weight is 842 g/mol. The number of para-hydroxylation sites is 1. The largest absolute Gasteiger partial charge is 0.496 e. The number of amides is 7. The van der Waals surface area contributed by atoms with Crippen LogP contribution in [0.1, 0.15) is 83.7 Å². The van der Waals surface area contributed by atoms with Crippen LogP contribution in [0.5, 0.6) is 0 Å². The van der Waals surface area contributed by atoms with Crippen molar-refractivity contribution in [2.24, 2.45) is 17.6 Å². The van der Waals surface area contributed by atoms with Crippen LogP contribution in [0.15, 0.2) is 72.9 Å². The number of primary amides is 1. The number of nitrogens with two attached hydrogens (primary N) is 1. The summed E-state index contributed by atoms with van der Waals surface area (Å²) in [6.07, 6.45) is 5.27. The van der Waals surface area contributed by atoms with E-state index in [4.69, 9.17) is 10.5 Å². The number of carbonyl (C=O) groups excluding carboxylic acids is 8. The van der Waals surface area contributed by atoms with Gasteiger partial charge in [0.15, 0.2) is 0 Å². The summed E-state index contributed by atoms with van der Waals surface area (Å²) in [5.74, 6) is -5.24. The van der Waals surface area contributed by atoms with Crippen LogP contribution >= 0.6 is 0 Å². The Morgan fingerprint density at radius 2 is 1.56 bits per heavy atom. The summed E-state index contributed by atoms with van der Waals surface area (Å²) < 4.78 is 6.84. The van der Waals surface area contributed by atoms with Crippen molar-refractivity contribution in [2.45, 2.75) is 102 Å². The van der Waals surface area contributed by atoms with Crippen molar-refractivity contribution in [3.8, 4) is 0 Å². The molecule has 0 spiro atoms. The monoisotopic (exact) mass is 841 g/mol. The van der Waals surface area contributed by atoms with E-state index in [0.29, 0.717) is 30.3 Å². The topological polar surface area (TPSA) is 239 Å². The summed E-state index contributed by atoms with van der Waals surface area (Å²) in [6, 6.07) is 13.2. The zero-order chi connectivity index (χ0) is 44.1. The number of aromatic nitrogens is 1. The molecule has 0 bridgehead atoms. The van der Waals surface area contributed by atoms with Crippen LogP contribution in [0.3, 0.4) is 0 Å². The van der Waals surface area contributed by atoms with E-state index in [1.54, 1.807) is 61.7 Å². The molecule has 0 radical (unpaired) electrons. The van der Waals surface area contributed by atoms with Gasteiger partial charge in [0.2, 0.25) is 29.4 Å². The van der Waals surface area contributed by atoms with Crippen molar-refractivity contribution in [2.75, 3.05) is 19.7 Å². The van der Waals surface area contributed by atoms with Gasteiger partial charge in [0, 0.05) is 11.8 Å². The maximum atomic E-state index is 14.7. The quantitative estimate of drug-likeness (QED) is 0.0863. The molecule has 1 aliphatic heterocycles. The van der Waals surface area contributed by atoms with Crippen LogP contribution in [-0.2, 0) is 33.5 Å². The zero-order valence-corrected chi connectivity index (χ0v) is 34.9. The van der Waals surface area contributed by atoms with Gasteiger partial charge in [0.05, 0.1) is 25.7 Å². The van der Waals surface area contributed by atoms with Gasteiger partial charge in [-0.1, -0.05) is 95.0 Å². The number of alkyl carbamates (subject to hydrolysis) is 1. The highest BCUT2D eigenvalue weighted by Gasteiger charge is 2.47.